The second-order valence-corrected chi connectivity index (χ2v) is 7.41. The molecule has 146 valence electrons. The van der Waals surface area contributed by atoms with Gasteiger partial charge in [0.15, 0.2) is 0 Å². The summed E-state index contributed by atoms with van der Waals surface area (Å²) in [6.45, 7) is 11.2. The molecule has 2 aromatic rings. The van der Waals surface area contributed by atoms with Crippen LogP contribution in [-0.2, 0) is 0 Å². The van der Waals surface area contributed by atoms with Crippen molar-refractivity contribution in [3.8, 4) is 12.3 Å². The number of terminal acetylenes is 1. The van der Waals surface area contributed by atoms with Gasteiger partial charge in [-0.3, -0.25) is 9.69 Å². The molecule has 0 unspecified atom stereocenters. The second kappa shape index (κ2) is 8.95. The first-order valence-electron chi connectivity index (χ1n) is 10.0. The second-order valence-electron chi connectivity index (χ2n) is 7.41. The molecule has 3 rings (SSSR count). The number of hydrogen-bond acceptors (Lipinski definition) is 3. The maximum absolute atomic E-state index is 13.0. The van der Waals surface area contributed by atoms with Crippen LogP contribution < -0.4 is 9.80 Å². The van der Waals surface area contributed by atoms with Crippen molar-refractivity contribution < 1.29 is 4.79 Å². The lowest BCUT2D eigenvalue weighted by atomic mass is 10.1. The van der Waals surface area contributed by atoms with E-state index in [0.29, 0.717) is 18.2 Å². The predicted molar refractivity (Wildman–Crippen MR) is 117 cm³/mol. The lowest BCUT2D eigenvalue weighted by Crippen LogP contribution is -2.48. The Morgan fingerprint density at radius 3 is 2.36 bits per heavy atom. The normalized spacial score (nSPS) is 14.8. The fraction of sp³-hybridized carbons (Fsp3) is 0.375. The largest absolute Gasteiger partial charge is 0.369 e. The zero-order valence-corrected chi connectivity index (χ0v) is 17.1. The summed E-state index contributed by atoms with van der Waals surface area (Å²) >= 11 is 0. The van der Waals surface area contributed by atoms with Crippen molar-refractivity contribution in [2.24, 2.45) is 0 Å². The third-order valence-electron chi connectivity index (χ3n) is 5.41. The van der Waals surface area contributed by atoms with E-state index in [2.05, 4.69) is 41.7 Å². The van der Waals surface area contributed by atoms with Crippen LogP contribution in [0.2, 0.25) is 0 Å². The van der Waals surface area contributed by atoms with Gasteiger partial charge in [-0.05, 0) is 63.2 Å². The van der Waals surface area contributed by atoms with Gasteiger partial charge in [0.1, 0.15) is 0 Å². The SMILES string of the molecule is C#Cc1cccc(N(CC)C(=O)c2ccc(N3CCN(C(C)C)CC3)cc2)c1. The fourth-order valence-electron chi connectivity index (χ4n) is 3.67. The van der Waals surface area contributed by atoms with Gasteiger partial charge in [0.25, 0.3) is 5.91 Å². The van der Waals surface area contributed by atoms with Gasteiger partial charge in [0.05, 0.1) is 0 Å². The maximum Gasteiger partial charge on any atom is 0.258 e. The first-order valence-corrected chi connectivity index (χ1v) is 10.0. The molecule has 0 aliphatic carbocycles. The summed E-state index contributed by atoms with van der Waals surface area (Å²) in [4.78, 5) is 19.7. The zero-order valence-electron chi connectivity index (χ0n) is 17.1. The maximum atomic E-state index is 13.0. The topological polar surface area (TPSA) is 26.8 Å². The molecule has 0 radical (unpaired) electrons. The summed E-state index contributed by atoms with van der Waals surface area (Å²) in [7, 11) is 0. The molecule has 4 nitrogen and oxygen atoms in total. The minimum absolute atomic E-state index is 0.00662. The van der Waals surface area contributed by atoms with Gasteiger partial charge in [-0.25, -0.2) is 0 Å². The number of hydrogen-bond donors (Lipinski definition) is 0. The number of amides is 1. The Balaban J connectivity index is 1.71. The summed E-state index contributed by atoms with van der Waals surface area (Å²) in [5.74, 6) is 2.63. The van der Waals surface area contributed by atoms with Crippen molar-refractivity contribution >= 4 is 17.3 Å². The number of piperazine rings is 1. The van der Waals surface area contributed by atoms with Gasteiger partial charge < -0.3 is 9.80 Å². The summed E-state index contributed by atoms with van der Waals surface area (Å²) in [6.07, 6.45) is 5.50. The minimum atomic E-state index is -0.00662. The molecule has 2 aromatic carbocycles. The van der Waals surface area contributed by atoms with Crippen LogP contribution in [0.1, 0.15) is 36.7 Å². The van der Waals surface area contributed by atoms with Crippen LogP contribution in [0.3, 0.4) is 0 Å². The van der Waals surface area contributed by atoms with Gasteiger partial charge in [-0.2, -0.15) is 0 Å². The molecule has 1 amide bonds. The smallest absolute Gasteiger partial charge is 0.258 e. The van der Waals surface area contributed by atoms with Crippen molar-refractivity contribution in [3.63, 3.8) is 0 Å². The Morgan fingerprint density at radius 1 is 1.11 bits per heavy atom. The van der Waals surface area contributed by atoms with Crippen LogP contribution in [-0.4, -0.2) is 49.6 Å². The van der Waals surface area contributed by atoms with Crippen LogP contribution >= 0.6 is 0 Å². The number of rotatable bonds is 5. The van der Waals surface area contributed by atoms with Gasteiger partial charge in [-0.15, -0.1) is 6.42 Å². The summed E-state index contributed by atoms with van der Waals surface area (Å²) < 4.78 is 0. The van der Waals surface area contributed by atoms with Crippen molar-refractivity contribution in [1.82, 2.24) is 4.90 Å². The molecule has 0 spiro atoms. The number of carbonyl (C=O) groups excluding carboxylic acids is 1. The monoisotopic (exact) mass is 375 g/mol. The van der Waals surface area contributed by atoms with Crippen LogP contribution in [0.4, 0.5) is 11.4 Å². The lowest BCUT2D eigenvalue weighted by molar-refractivity contribution is 0.0988. The standard InChI is InChI=1S/C24H29N3O/c1-5-20-8-7-9-23(18-20)27(6-2)24(28)21-10-12-22(13-11-21)26-16-14-25(15-17-26)19(3)4/h1,7-13,18-19H,6,14-17H2,2-4H3. The third kappa shape index (κ3) is 4.37. The Morgan fingerprint density at radius 2 is 1.79 bits per heavy atom. The first kappa shape index (κ1) is 20.0. The van der Waals surface area contributed by atoms with Crippen molar-refractivity contribution in [2.45, 2.75) is 26.8 Å². The lowest BCUT2D eigenvalue weighted by Gasteiger charge is -2.38. The fourth-order valence-corrected chi connectivity index (χ4v) is 3.67. The molecule has 1 fully saturated rings. The Bertz CT molecular complexity index is 843. The van der Waals surface area contributed by atoms with E-state index in [1.54, 1.807) is 4.90 Å². The summed E-state index contributed by atoms with van der Waals surface area (Å²) in [6, 6.07) is 16.1. The van der Waals surface area contributed by atoms with E-state index in [-0.39, 0.29) is 5.91 Å². The molecule has 0 aromatic heterocycles. The van der Waals surface area contributed by atoms with E-state index in [4.69, 9.17) is 6.42 Å². The molecular weight excluding hydrogens is 346 g/mol. The highest BCUT2D eigenvalue weighted by Gasteiger charge is 2.20. The quantitative estimate of drug-likeness (QED) is 0.743. The van der Waals surface area contributed by atoms with Gasteiger partial charge in [0.2, 0.25) is 0 Å². The van der Waals surface area contributed by atoms with Crippen LogP contribution in [0.15, 0.2) is 48.5 Å². The van der Waals surface area contributed by atoms with Crippen molar-refractivity contribution in [3.05, 3.63) is 59.7 Å². The Hall–Kier alpha value is -2.77. The van der Waals surface area contributed by atoms with Gasteiger partial charge in [0, 0.05) is 61.3 Å². The highest BCUT2D eigenvalue weighted by atomic mass is 16.2. The molecular formula is C24H29N3O. The molecule has 1 saturated heterocycles. The molecule has 0 bridgehead atoms. The van der Waals surface area contributed by atoms with E-state index in [9.17, 15) is 4.79 Å². The van der Waals surface area contributed by atoms with E-state index in [1.165, 1.54) is 5.69 Å². The number of anilines is 2. The Labute approximate surface area is 168 Å². The van der Waals surface area contributed by atoms with Crippen LogP contribution in [0.25, 0.3) is 0 Å². The highest BCUT2D eigenvalue weighted by molar-refractivity contribution is 6.06. The van der Waals surface area contributed by atoms with E-state index in [1.807, 2.05) is 43.3 Å². The highest BCUT2D eigenvalue weighted by Crippen LogP contribution is 2.22. The summed E-state index contributed by atoms with van der Waals surface area (Å²) in [5.41, 5.74) is 3.48. The third-order valence-corrected chi connectivity index (χ3v) is 5.41. The average Bonchev–Trinajstić information content (AvgIpc) is 2.74. The molecule has 1 aliphatic rings. The van der Waals surface area contributed by atoms with E-state index in [0.717, 1.165) is 37.4 Å². The molecule has 1 heterocycles. The summed E-state index contributed by atoms with van der Waals surface area (Å²) in [5, 5.41) is 0. The molecule has 0 saturated carbocycles. The number of benzene rings is 2. The molecule has 0 atom stereocenters. The first-order chi connectivity index (χ1) is 13.5. The van der Waals surface area contributed by atoms with Crippen LogP contribution in [0.5, 0.6) is 0 Å². The number of carbonyl (C=O) groups is 1. The van der Waals surface area contributed by atoms with Gasteiger partial charge in [-0.1, -0.05) is 12.0 Å². The van der Waals surface area contributed by atoms with Crippen LogP contribution in [0, 0.1) is 12.3 Å². The number of nitrogens with zero attached hydrogens (tertiary/aromatic N) is 3. The Kier molecular flexibility index (Phi) is 6.38. The average molecular weight is 376 g/mol. The zero-order chi connectivity index (χ0) is 20.1. The van der Waals surface area contributed by atoms with Crippen molar-refractivity contribution in [2.75, 3.05) is 42.5 Å². The molecule has 28 heavy (non-hydrogen) atoms. The predicted octanol–water partition coefficient (Wildman–Crippen LogP) is 3.87. The van der Waals surface area contributed by atoms with Gasteiger partial charge >= 0.3 is 0 Å². The van der Waals surface area contributed by atoms with Crippen molar-refractivity contribution in [1.29, 1.82) is 0 Å². The molecule has 1 aliphatic heterocycles. The van der Waals surface area contributed by atoms with E-state index >= 15 is 0 Å². The molecule has 4 heteroatoms. The van der Waals surface area contributed by atoms with E-state index < -0.39 is 0 Å². The molecule has 0 N–H and O–H groups in total. The minimum Gasteiger partial charge on any atom is -0.369 e.